The molecule has 3 aliphatic rings. The summed E-state index contributed by atoms with van der Waals surface area (Å²) in [6.45, 7) is 4.21. The number of thiocarbonyl (C=S) groups is 1. The lowest BCUT2D eigenvalue weighted by Gasteiger charge is -2.36. The zero-order chi connectivity index (χ0) is 48.2. The zero-order valence-electron chi connectivity index (χ0n) is 37.6. The van der Waals surface area contributed by atoms with Crippen molar-refractivity contribution in [3.05, 3.63) is 152 Å². The van der Waals surface area contributed by atoms with Gasteiger partial charge in [0.2, 0.25) is 0 Å². The number of aromatic hydroxyl groups is 2. The maximum absolute atomic E-state index is 13.5. The van der Waals surface area contributed by atoms with Crippen LogP contribution in [0.2, 0.25) is 10.0 Å². The van der Waals surface area contributed by atoms with Gasteiger partial charge in [-0.15, -0.1) is 0 Å². The Kier molecular flexibility index (Phi) is 13.9. The van der Waals surface area contributed by atoms with Gasteiger partial charge in [-0.25, -0.2) is 14.5 Å². The summed E-state index contributed by atoms with van der Waals surface area (Å²) in [4.78, 5) is 39.9. The summed E-state index contributed by atoms with van der Waals surface area (Å²) in [7, 11) is 0. The first-order chi connectivity index (χ1) is 33.4. The lowest BCUT2D eigenvalue weighted by molar-refractivity contribution is -0.143. The van der Waals surface area contributed by atoms with E-state index < -0.39 is 11.6 Å². The van der Waals surface area contributed by atoms with Gasteiger partial charge in [-0.3, -0.25) is 15.0 Å². The highest BCUT2D eigenvalue weighted by atomic mass is 35.5. The lowest BCUT2D eigenvalue weighted by Crippen LogP contribution is -2.45. The van der Waals surface area contributed by atoms with Gasteiger partial charge in [0.25, 0.3) is 5.91 Å². The number of fused-ring (bicyclic) bond motifs is 6. The minimum Gasteiger partial charge on any atom is -0.508 e. The van der Waals surface area contributed by atoms with E-state index in [9.17, 15) is 24.6 Å². The molecule has 1 amide bonds. The lowest BCUT2D eigenvalue weighted by atomic mass is 9.77. The number of phenolic OH excluding ortho intramolecular Hbond substituents is 2. The van der Waals surface area contributed by atoms with Gasteiger partial charge in [0.15, 0.2) is 11.3 Å². The molecule has 0 aliphatic carbocycles. The highest BCUT2D eigenvalue weighted by molar-refractivity contribution is 7.80. The molecule has 1 fully saturated rings. The van der Waals surface area contributed by atoms with Crippen molar-refractivity contribution in [2.24, 2.45) is 0 Å². The normalized spacial score (nSPS) is 14.3. The number of ether oxygens (including phenoxy) is 3. The molecule has 4 heterocycles. The molecule has 16 heteroatoms. The van der Waals surface area contributed by atoms with Crippen molar-refractivity contribution in [1.29, 1.82) is 0 Å². The Morgan fingerprint density at radius 1 is 0.870 bits per heavy atom. The number of amides is 1. The van der Waals surface area contributed by atoms with E-state index in [2.05, 4.69) is 22.6 Å². The van der Waals surface area contributed by atoms with Crippen LogP contribution in [0.25, 0.3) is 16.9 Å². The summed E-state index contributed by atoms with van der Waals surface area (Å²) in [5, 5.41) is 31.2. The average molecular weight is 985 g/mol. The number of aromatic nitrogens is 2. The van der Waals surface area contributed by atoms with E-state index in [0.29, 0.717) is 90.7 Å². The van der Waals surface area contributed by atoms with Crippen molar-refractivity contribution in [2.75, 3.05) is 26.2 Å². The molecule has 0 saturated carbocycles. The van der Waals surface area contributed by atoms with Crippen LogP contribution in [0, 0.1) is 18.8 Å². The Hall–Kier alpha value is -6.89. The Morgan fingerprint density at radius 3 is 2.29 bits per heavy atom. The number of hydrogen-bond donors (Lipinski definition) is 4. The molecule has 6 aromatic rings. The number of rotatable bonds is 13. The summed E-state index contributed by atoms with van der Waals surface area (Å²) in [5.74, 6) is 5.70. The summed E-state index contributed by atoms with van der Waals surface area (Å²) in [6.07, 6.45) is 6.02. The molecule has 13 nitrogen and oxygen atoms in total. The van der Waals surface area contributed by atoms with E-state index in [1.807, 2.05) is 48.3 Å². The molecular formula is C53H47Cl2N5O8S. The van der Waals surface area contributed by atoms with Crippen LogP contribution in [-0.2, 0) is 19.9 Å². The van der Waals surface area contributed by atoms with Crippen LogP contribution in [0.5, 0.6) is 23.0 Å². The summed E-state index contributed by atoms with van der Waals surface area (Å²) < 4.78 is 19.3. The number of benzene rings is 5. The molecule has 1 aromatic heterocycles. The van der Waals surface area contributed by atoms with E-state index in [1.54, 1.807) is 41.1 Å². The fourth-order valence-corrected chi connectivity index (χ4v) is 9.68. The summed E-state index contributed by atoms with van der Waals surface area (Å²) in [5.41, 5.74) is 8.27. The van der Waals surface area contributed by atoms with E-state index in [0.717, 1.165) is 62.0 Å². The Balaban J connectivity index is 0.735. The first kappa shape index (κ1) is 47.2. The average Bonchev–Trinajstić information content (AvgIpc) is 3.83. The van der Waals surface area contributed by atoms with Gasteiger partial charge in [-0.05, 0) is 93.3 Å². The van der Waals surface area contributed by atoms with Crippen molar-refractivity contribution in [1.82, 2.24) is 25.5 Å². The van der Waals surface area contributed by atoms with Crippen LogP contribution >= 0.6 is 35.4 Å². The number of halogens is 2. The number of piperidine rings is 1. The molecular weight excluding hydrogens is 938 g/mol. The molecule has 4 N–H and O–H groups in total. The molecule has 3 aliphatic heterocycles. The van der Waals surface area contributed by atoms with Gasteiger partial charge in [0, 0.05) is 88.6 Å². The van der Waals surface area contributed by atoms with Crippen LogP contribution in [0.3, 0.4) is 0 Å². The molecule has 69 heavy (non-hydrogen) atoms. The Morgan fingerprint density at radius 2 is 1.58 bits per heavy atom. The van der Waals surface area contributed by atoms with E-state index >= 15 is 0 Å². The van der Waals surface area contributed by atoms with Crippen LogP contribution < -0.4 is 15.5 Å². The zero-order valence-corrected chi connectivity index (χ0v) is 39.9. The van der Waals surface area contributed by atoms with Crippen molar-refractivity contribution < 1.29 is 38.8 Å². The molecule has 0 unspecified atom stereocenters. The highest BCUT2D eigenvalue weighted by Crippen LogP contribution is 2.57. The van der Waals surface area contributed by atoms with Gasteiger partial charge in [-0.1, -0.05) is 84.4 Å². The van der Waals surface area contributed by atoms with Crippen LogP contribution in [-0.4, -0.2) is 74.1 Å². The third kappa shape index (κ3) is 9.87. The second kappa shape index (κ2) is 20.4. The third-order valence-corrected chi connectivity index (χ3v) is 13.3. The maximum atomic E-state index is 13.5. The molecule has 5 aromatic carbocycles. The number of carbonyl (C=O) groups is 3. The first-order valence-corrected chi connectivity index (χ1v) is 23.9. The van der Waals surface area contributed by atoms with Crippen molar-refractivity contribution in [3.63, 3.8) is 0 Å². The standard InChI is InChI=1S/C53H47Cl2N5O8S/c1-32-48(50(64)58-59-25-7-3-8-26-59)57-60(44-23-17-36(54)29-43(44)55)49(32)34-14-12-33(13-15-34)10-5-9-27-66-47(63)11-4-2-6-24-56-51(69)35-16-20-40-39(28-35)52(65)68-53(40)41-21-18-37(61)30-45(41)67-46-31-38(62)19-22-42(46)53/h12-23,28-31,61-62H,2-4,6-9,11,24-27H2,1H3,(H,56,69)(H,58,64). The maximum Gasteiger partial charge on any atom is 0.340 e. The predicted molar refractivity (Wildman–Crippen MR) is 265 cm³/mol. The number of unbranched alkanes of at least 4 members (excludes halogenated alkanes) is 2. The van der Waals surface area contributed by atoms with Crippen LogP contribution in [0.1, 0.15) is 106 Å². The number of nitrogens with zero attached hydrogens (tertiary/aromatic N) is 3. The highest BCUT2D eigenvalue weighted by Gasteiger charge is 2.53. The molecule has 352 valence electrons. The number of hydrazine groups is 1. The molecule has 0 atom stereocenters. The monoisotopic (exact) mass is 983 g/mol. The largest absolute Gasteiger partial charge is 0.508 e. The Bertz CT molecular complexity index is 3010. The second-order valence-electron chi connectivity index (χ2n) is 17.0. The van der Waals surface area contributed by atoms with Crippen LogP contribution in [0.4, 0.5) is 0 Å². The van der Waals surface area contributed by atoms with Gasteiger partial charge < -0.3 is 29.7 Å². The first-order valence-electron chi connectivity index (χ1n) is 22.8. The summed E-state index contributed by atoms with van der Waals surface area (Å²) >= 11 is 18.5. The van der Waals surface area contributed by atoms with Crippen molar-refractivity contribution >= 4 is 58.3 Å². The van der Waals surface area contributed by atoms with Gasteiger partial charge in [0.05, 0.1) is 22.0 Å². The van der Waals surface area contributed by atoms with Gasteiger partial charge in [-0.2, -0.15) is 5.10 Å². The second-order valence-corrected chi connectivity index (χ2v) is 18.3. The molecule has 0 radical (unpaired) electrons. The minimum absolute atomic E-state index is 0.0191. The van der Waals surface area contributed by atoms with Crippen molar-refractivity contribution in [3.8, 4) is 51.8 Å². The number of esters is 2. The minimum atomic E-state index is -1.35. The summed E-state index contributed by atoms with van der Waals surface area (Å²) in [6, 6.07) is 27.4. The Labute approximate surface area is 414 Å². The predicted octanol–water partition coefficient (Wildman–Crippen LogP) is 10.1. The van der Waals surface area contributed by atoms with Crippen molar-refractivity contribution in [2.45, 2.75) is 63.9 Å². The van der Waals surface area contributed by atoms with E-state index in [-0.39, 0.29) is 36.4 Å². The molecule has 1 saturated heterocycles. The van der Waals surface area contributed by atoms with E-state index in [4.69, 9.17) is 54.7 Å². The number of carbonyl (C=O) groups excluding carboxylic acids is 3. The quantitative estimate of drug-likeness (QED) is 0.0375. The smallest absolute Gasteiger partial charge is 0.340 e. The fraction of sp³-hybridized carbons (Fsp3) is 0.264. The topological polar surface area (TPSA) is 164 Å². The molecule has 9 rings (SSSR count). The number of hydrogen-bond acceptors (Lipinski definition) is 11. The van der Waals surface area contributed by atoms with E-state index in [1.165, 1.54) is 24.3 Å². The van der Waals surface area contributed by atoms with Crippen LogP contribution in [0.15, 0.2) is 97.1 Å². The number of nitrogens with one attached hydrogen (secondary N) is 2. The van der Waals surface area contributed by atoms with Gasteiger partial charge in [0.1, 0.15) is 34.6 Å². The molecule has 0 bridgehead atoms. The number of phenols is 2. The fourth-order valence-electron chi connectivity index (χ4n) is 8.97. The third-order valence-electron chi connectivity index (χ3n) is 12.4. The molecule has 1 spiro atoms. The SMILES string of the molecule is Cc1c(C(=O)NN2CCCCC2)nn(-c2ccc(Cl)cc2Cl)c1-c1ccc(C#CCCOC(=O)CCCCCNC(=S)c2ccc3c(c2)C(=O)OC32c3ccc(O)cc3Oc3cc(O)ccc32)cc1. The van der Waals surface area contributed by atoms with Gasteiger partial charge >= 0.3 is 11.9 Å².